The van der Waals surface area contributed by atoms with Gasteiger partial charge in [-0.15, -0.1) is 0 Å². The number of anilines is 1. The fourth-order valence-electron chi connectivity index (χ4n) is 2.91. The smallest absolute Gasteiger partial charge is 0.357 e. The molecule has 1 aliphatic heterocycles. The van der Waals surface area contributed by atoms with Crippen LogP contribution in [0.3, 0.4) is 0 Å². The monoisotopic (exact) mass is 392 g/mol. The third-order valence-corrected chi connectivity index (χ3v) is 4.31. The Morgan fingerprint density at radius 2 is 1.83 bits per heavy atom. The molecule has 0 unspecified atom stereocenters. The van der Waals surface area contributed by atoms with Gasteiger partial charge in [0.1, 0.15) is 5.69 Å². The number of benzene rings is 2. The lowest BCUT2D eigenvalue weighted by molar-refractivity contribution is -0.119. The molecule has 2 heterocycles. The minimum absolute atomic E-state index is 0.0421. The van der Waals surface area contributed by atoms with E-state index in [9.17, 15) is 14.4 Å². The van der Waals surface area contributed by atoms with Crippen LogP contribution in [0.5, 0.6) is 11.5 Å². The Labute approximate surface area is 165 Å². The lowest BCUT2D eigenvalue weighted by Crippen LogP contribution is -2.22. The average Bonchev–Trinajstić information content (AvgIpc) is 3.18. The fourth-order valence-corrected chi connectivity index (χ4v) is 2.91. The Morgan fingerprint density at radius 1 is 1.07 bits per heavy atom. The number of pyridine rings is 1. The Bertz CT molecular complexity index is 1140. The van der Waals surface area contributed by atoms with E-state index in [0.29, 0.717) is 17.0 Å². The van der Waals surface area contributed by atoms with Crippen LogP contribution in [0, 0.1) is 0 Å². The summed E-state index contributed by atoms with van der Waals surface area (Å²) in [5, 5.41) is 3.46. The van der Waals surface area contributed by atoms with Gasteiger partial charge in [-0.1, -0.05) is 24.3 Å². The summed E-state index contributed by atoms with van der Waals surface area (Å²) >= 11 is 0. The highest BCUT2D eigenvalue weighted by Crippen LogP contribution is 2.37. The molecule has 0 saturated heterocycles. The van der Waals surface area contributed by atoms with Crippen molar-refractivity contribution in [2.24, 2.45) is 0 Å². The van der Waals surface area contributed by atoms with Crippen molar-refractivity contribution < 1.29 is 28.6 Å². The molecule has 1 aliphatic rings. The lowest BCUT2D eigenvalue weighted by Gasteiger charge is -2.11. The van der Waals surface area contributed by atoms with Crippen molar-refractivity contribution in [2.75, 3.05) is 18.7 Å². The van der Waals surface area contributed by atoms with E-state index in [4.69, 9.17) is 14.2 Å². The number of para-hydroxylation sites is 1. The number of hydrogen-bond acceptors (Lipinski definition) is 7. The van der Waals surface area contributed by atoms with Crippen LogP contribution >= 0.6 is 0 Å². The fraction of sp³-hybridized carbons (Fsp3) is 0.143. The van der Waals surface area contributed by atoms with Gasteiger partial charge in [-0.2, -0.15) is 0 Å². The summed E-state index contributed by atoms with van der Waals surface area (Å²) in [5.74, 6) is -0.718. The third-order valence-electron chi connectivity index (χ3n) is 4.31. The summed E-state index contributed by atoms with van der Waals surface area (Å²) in [7, 11) is 0. The minimum Gasteiger partial charge on any atom is -0.454 e. The SMILES string of the molecule is CC(=O)c1cc2c(cc1NC(=O)COC(=O)c1ccc3ccccc3n1)OCO2. The second-order valence-corrected chi connectivity index (χ2v) is 6.32. The summed E-state index contributed by atoms with van der Waals surface area (Å²) in [5.41, 5.74) is 1.28. The number of esters is 1. The summed E-state index contributed by atoms with van der Waals surface area (Å²) < 4.78 is 15.6. The highest BCUT2D eigenvalue weighted by atomic mass is 16.7. The number of nitrogens with one attached hydrogen (secondary N) is 1. The molecule has 3 aromatic rings. The summed E-state index contributed by atoms with van der Waals surface area (Å²) in [6, 6.07) is 13.6. The number of carbonyl (C=O) groups is 3. The molecule has 1 N–H and O–H groups in total. The van der Waals surface area contributed by atoms with Gasteiger partial charge in [-0.25, -0.2) is 9.78 Å². The third kappa shape index (κ3) is 3.86. The number of amides is 1. The van der Waals surface area contributed by atoms with Gasteiger partial charge in [0.15, 0.2) is 23.9 Å². The second-order valence-electron chi connectivity index (χ2n) is 6.32. The van der Waals surface area contributed by atoms with Crippen LogP contribution in [-0.4, -0.2) is 36.0 Å². The largest absolute Gasteiger partial charge is 0.454 e. The number of carbonyl (C=O) groups excluding carboxylic acids is 3. The molecule has 0 spiro atoms. The molecule has 0 saturated carbocycles. The highest BCUT2D eigenvalue weighted by Gasteiger charge is 2.21. The van der Waals surface area contributed by atoms with Crippen LogP contribution in [0.4, 0.5) is 5.69 Å². The van der Waals surface area contributed by atoms with Crippen molar-refractivity contribution in [3.63, 3.8) is 0 Å². The molecule has 1 amide bonds. The van der Waals surface area contributed by atoms with E-state index in [1.54, 1.807) is 12.1 Å². The minimum atomic E-state index is -0.719. The van der Waals surface area contributed by atoms with Crippen molar-refractivity contribution in [3.05, 3.63) is 59.8 Å². The normalized spacial score (nSPS) is 11.9. The lowest BCUT2D eigenvalue weighted by atomic mass is 10.1. The number of Topliss-reactive ketones (excluding diaryl/α,β-unsaturated/α-hetero) is 1. The summed E-state index contributed by atoms with van der Waals surface area (Å²) in [4.78, 5) is 40.6. The van der Waals surface area contributed by atoms with Gasteiger partial charge in [0.25, 0.3) is 5.91 Å². The first-order chi connectivity index (χ1) is 14.0. The van der Waals surface area contributed by atoms with E-state index in [1.807, 2.05) is 18.2 Å². The first-order valence-electron chi connectivity index (χ1n) is 8.78. The van der Waals surface area contributed by atoms with Crippen LogP contribution in [0.25, 0.3) is 10.9 Å². The zero-order valence-electron chi connectivity index (χ0n) is 15.4. The molecule has 4 rings (SSSR count). The Balaban J connectivity index is 1.43. The van der Waals surface area contributed by atoms with E-state index in [0.717, 1.165) is 5.39 Å². The molecular weight excluding hydrogens is 376 g/mol. The van der Waals surface area contributed by atoms with Gasteiger partial charge in [0, 0.05) is 17.0 Å². The van der Waals surface area contributed by atoms with Crippen molar-refractivity contribution in [3.8, 4) is 11.5 Å². The zero-order valence-corrected chi connectivity index (χ0v) is 15.4. The molecule has 0 atom stereocenters. The number of ether oxygens (including phenoxy) is 3. The maximum Gasteiger partial charge on any atom is 0.357 e. The van der Waals surface area contributed by atoms with Crippen LogP contribution < -0.4 is 14.8 Å². The van der Waals surface area contributed by atoms with Gasteiger partial charge in [-0.3, -0.25) is 9.59 Å². The molecular formula is C21H16N2O6. The number of rotatable bonds is 5. The van der Waals surface area contributed by atoms with Crippen molar-refractivity contribution in [1.82, 2.24) is 4.98 Å². The summed E-state index contributed by atoms with van der Waals surface area (Å²) in [6.45, 7) is 0.887. The molecule has 0 bridgehead atoms. The zero-order chi connectivity index (χ0) is 20.4. The van der Waals surface area contributed by atoms with Gasteiger partial charge in [-0.05, 0) is 25.1 Å². The Hall–Kier alpha value is -3.94. The molecule has 146 valence electrons. The molecule has 1 aromatic heterocycles. The summed E-state index contributed by atoms with van der Waals surface area (Å²) in [6.07, 6.45) is 0. The van der Waals surface area contributed by atoms with Crippen LogP contribution in [0.15, 0.2) is 48.5 Å². The van der Waals surface area contributed by atoms with E-state index < -0.39 is 18.5 Å². The van der Waals surface area contributed by atoms with Crippen LogP contribution in [0.2, 0.25) is 0 Å². The van der Waals surface area contributed by atoms with E-state index in [1.165, 1.54) is 25.1 Å². The van der Waals surface area contributed by atoms with Crippen molar-refractivity contribution in [1.29, 1.82) is 0 Å². The number of fused-ring (bicyclic) bond motifs is 2. The number of aromatic nitrogens is 1. The molecule has 0 fully saturated rings. The van der Waals surface area contributed by atoms with E-state index >= 15 is 0 Å². The predicted octanol–water partition coefficient (Wildman–Crippen LogP) is 2.96. The van der Waals surface area contributed by atoms with Gasteiger partial charge in [0.2, 0.25) is 6.79 Å². The molecule has 29 heavy (non-hydrogen) atoms. The maximum absolute atomic E-state index is 12.2. The molecule has 8 nitrogen and oxygen atoms in total. The highest BCUT2D eigenvalue weighted by molar-refractivity contribution is 6.05. The maximum atomic E-state index is 12.2. The first-order valence-corrected chi connectivity index (χ1v) is 8.78. The van der Waals surface area contributed by atoms with Crippen molar-refractivity contribution in [2.45, 2.75) is 6.92 Å². The Kier molecular flexibility index (Phi) is 4.82. The number of ketones is 1. The number of hydrogen-bond donors (Lipinski definition) is 1. The van der Waals surface area contributed by atoms with E-state index in [2.05, 4.69) is 10.3 Å². The molecule has 2 aromatic carbocycles. The topological polar surface area (TPSA) is 104 Å². The van der Waals surface area contributed by atoms with Gasteiger partial charge >= 0.3 is 5.97 Å². The quantitative estimate of drug-likeness (QED) is 0.526. The Morgan fingerprint density at radius 3 is 2.62 bits per heavy atom. The number of nitrogens with zero attached hydrogens (tertiary/aromatic N) is 1. The first kappa shape index (κ1) is 18.4. The predicted molar refractivity (Wildman–Crippen MR) is 103 cm³/mol. The standard InChI is InChI=1S/C21H16N2O6/c1-12(24)14-8-18-19(29-11-28-18)9-17(14)23-20(25)10-27-21(26)16-7-6-13-4-2-3-5-15(13)22-16/h2-9H,10-11H2,1H3,(H,23,25). The van der Waals surface area contributed by atoms with Crippen molar-refractivity contribution >= 4 is 34.3 Å². The van der Waals surface area contributed by atoms with Crippen LogP contribution in [0.1, 0.15) is 27.8 Å². The molecule has 0 aliphatic carbocycles. The van der Waals surface area contributed by atoms with Gasteiger partial charge in [0.05, 0.1) is 11.2 Å². The van der Waals surface area contributed by atoms with Crippen LogP contribution in [-0.2, 0) is 9.53 Å². The van der Waals surface area contributed by atoms with Gasteiger partial charge < -0.3 is 19.5 Å². The average molecular weight is 392 g/mol. The van der Waals surface area contributed by atoms with E-state index in [-0.39, 0.29) is 29.5 Å². The second kappa shape index (κ2) is 7.59. The molecule has 8 heteroatoms. The molecule has 0 radical (unpaired) electrons.